The van der Waals surface area contributed by atoms with Gasteiger partial charge in [0.2, 0.25) is 0 Å². The van der Waals surface area contributed by atoms with Crippen molar-refractivity contribution in [3.8, 4) is 11.5 Å². The van der Waals surface area contributed by atoms with Gasteiger partial charge in [-0.2, -0.15) is 0 Å². The summed E-state index contributed by atoms with van der Waals surface area (Å²) in [5, 5.41) is 0.458. The molecule has 4 aromatic rings. The number of pyridine rings is 1. The molecule has 0 unspecified atom stereocenters. The summed E-state index contributed by atoms with van der Waals surface area (Å²) < 4.78 is 12.7. The van der Waals surface area contributed by atoms with Crippen LogP contribution in [0.1, 0.15) is 28.3 Å². The summed E-state index contributed by atoms with van der Waals surface area (Å²) >= 11 is 0. The number of ether oxygens (including phenoxy) is 2. The van der Waals surface area contributed by atoms with Crippen molar-refractivity contribution in [1.82, 2.24) is 19.4 Å². The minimum Gasteiger partial charge on any atom is -0.493 e. The highest BCUT2D eigenvalue weighted by molar-refractivity contribution is 5.81. The number of hydrogen-bond donors (Lipinski definition) is 1. The van der Waals surface area contributed by atoms with Gasteiger partial charge in [0.1, 0.15) is 11.5 Å². The average Bonchev–Trinajstić information content (AvgIpc) is 2.96. The Morgan fingerprint density at radius 2 is 1.71 bits per heavy atom. The number of methoxy groups -OCH3 is 2. The highest BCUT2D eigenvalue weighted by Crippen LogP contribution is 2.30. The van der Waals surface area contributed by atoms with Gasteiger partial charge in [0.15, 0.2) is 11.5 Å². The normalized spacial score (nSPS) is 11.3. The highest BCUT2D eigenvalue weighted by Gasteiger charge is 2.14. The number of aromatic amines is 1. The predicted octanol–water partition coefficient (Wildman–Crippen LogP) is 3.10. The molecule has 0 aliphatic heterocycles. The third-order valence-electron chi connectivity index (χ3n) is 5.16. The maximum Gasteiger partial charge on any atom is 0.258 e. The Kier molecular flexibility index (Phi) is 4.30. The zero-order chi connectivity index (χ0) is 20.0. The van der Waals surface area contributed by atoms with Crippen molar-refractivity contribution in [3.63, 3.8) is 0 Å². The van der Waals surface area contributed by atoms with Gasteiger partial charge in [-0.3, -0.25) is 4.79 Å². The molecule has 4 rings (SSSR count). The Hall–Kier alpha value is -3.35. The van der Waals surface area contributed by atoms with E-state index in [-0.39, 0.29) is 5.56 Å². The first-order valence-electron chi connectivity index (χ1n) is 9.01. The Bertz CT molecular complexity index is 1270. The van der Waals surface area contributed by atoms with Crippen molar-refractivity contribution in [3.05, 3.63) is 63.1 Å². The first kappa shape index (κ1) is 18.0. The molecule has 144 valence electrons. The fourth-order valence-electron chi connectivity index (χ4n) is 3.38. The molecule has 3 heterocycles. The number of imidazole rings is 1. The van der Waals surface area contributed by atoms with Crippen LogP contribution in [0.5, 0.6) is 11.5 Å². The molecular formula is C21H22N4O3. The molecule has 0 saturated carbocycles. The quantitative estimate of drug-likeness (QED) is 0.590. The van der Waals surface area contributed by atoms with E-state index in [0.717, 1.165) is 17.0 Å². The zero-order valence-electron chi connectivity index (χ0n) is 16.6. The van der Waals surface area contributed by atoms with Gasteiger partial charge in [0, 0.05) is 18.0 Å². The number of aryl methyl sites for hydroxylation is 3. The van der Waals surface area contributed by atoms with Crippen LogP contribution in [0.25, 0.3) is 16.6 Å². The average molecular weight is 378 g/mol. The molecule has 0 atom stereocenters. The van der Waals surface area contributed by atoms with E-state index in [1.165, 1.54) is 18.2 Å². The molecule has 7 heteroatoms. The lowest BCUT2D eigenvalue weighted by molar-refractivity contribution is 0.355. The van der Waals surface area contributed by atoms with Gasteiger partial charge in [0.25, 0.3) is 5.56 Å². The predicted molar refractivity (Wildman–Crippen MR) is 108 cm³/mol. The first-order chi connectivity index (χ1) is 13.4. The molecule has 7 nitrogen and oxygen atoms in total. The number of aromatic nitrogens is 4. The summed E-state index contributed by atoms with van der Waals surface area (Å²) in [6.07, 6.45) is 2.52. The minimum absolute atomic E-state index is 0.214. The second-order valence-corrected chi connectivity index (χ2v) is 6.93. The molecule has 0 amide bonds. The van der Waals surface area contributed by atoms with Crippen molar-refractivity contribution in [1.29, 1.82) is 0 Å². The molecule has 0 spiro atoms. The van der Waals surface area contributed by atoms with Crippen molar-refractivity contribution >= 4 is 16.6 Å². The molecule has 28 heavy (non-hydrogen) atoms. The topological polar surface area (TPSA) is 81.5 Å². The minimum atomic E-state index is -0.214. The van der Waals surface area contributed by atoms with Crippen molar-refractivity contribution in [2.45, 2.75) is 27.2 Å². The summed E-state index contributed by atoms with van der Waals surface area (Å²) in [5.41, 5.74) is 5.56. The summed E-state index contributed by atoms with van der Waals surface area (Å²) in [4.78, 5) is 24.8. The van der Waals surface area contributed by atoms with E-state index in [9.17, 15) is 4.79 Å². The molecular weight excluding hydrogens is 356 g/mol. The van der Waals surface area contributed by atoms with Gasteiger partial charge in [-0.05, 0) is 44.0 Å². The molecule has 1 aromatic carbocycles. The number of nitrogens with one attached hydrogen (secondary N) is 1. The van der Waals surface area contributed by atoms with E-state index in [0.29, 0.717) is 34.6 Å². The fraction of sp³-hybridized carbons (Fsp3) is 0.286. The standard InChI is InChI=1S/C21H22N4O3/c1-11-6-20-23-15(13(3)25(20)10-12(11)2)9-19-22-16-8-18(28-5)17(27-4)7-14(16)21(26)24-19/h6-8,10H,9H2,1-5H3,(H,22,24,26). The zero-order valence-corrected chi connectivity index (χ0v) is 16.6. The largest absolute Gasteiger partial charge is 0.493 e. The number of nitrogens with zero attached hydrogens (tertiary/aromatic N) is 3. The maximum atomic E-state index is 12.6. The third-order valence-corrected chi connectivity index (χ3v) is 5.16. The van der Waals surface area contributed by atoms with Crippen LogP contribution in [0.15, 0.2) is 29.2 Å². The monoisotopic (exact) mass is 378 g/mol. The molecule has 0 aliphatic carbocycles. The Morgan fingerprint density at radius 1 is 1.00 bits per heavy atom. The summed E-state index contributed by atoms with van der Waals surface area (Å²) in [6, 6.07) is 5.43. The van der Waals surface area contributed by atoms with Crippen LogP contribution in [0.3, 0.4) is 0 Å². The lowest BCUT2D eigenvalue weighted by atomic mass is 10.2. The van der Waals surface area contributed by atoms with Crippen LogP contribution in [0, 0.1) is 20.8 Å². The van der Waals surface area contributed by atoms with E-state index in [2.05, 4.69) is 40.5 Å². The van der Waals surface area contributed by atoms with Gasteiger partial charge in [-0.1, -0.05) is 0 Å². The summed E-state index contributed by atoms with van der Waals surface area (Å²) in [5.74, 6) is 1.59. The molecule has 0 fully saturated rings. The summed E-state index contributed by atoms with van der Waals surface area (Å²) in [6.45, 7) is 6.18. The van der Waals surface area contributed by atoms with Gasteiger partial charge in [0.05, 0.1) is 37.2 Å². The summed E-state index contributed by atoms with van der Waals surface area (Å²) in [7, 11) is 3.09. The van der Waals surface area contributed by atoms with E-state index >= 15 is 0 Å². The maximum absolute atomic E-state index is 12.6. The van der Waals surface area contributed by atoms with Crippen molar-refractivity contribution in [2.24, 2.45) is 0 Å². The second-order valence-electron chi connectivity index (χ2n) is 6.93. The number of hydrogen-bond acceptors (Lipinski definition) is 5. The highest BCUT2D eigenvalue weighted by atomic mass is 16.5. The first-order valence-corrected chi connectivity index (χ1v) is 9.01. The van der Waals surface area contributed by atoms with Crippen LogP contribution in [0.4, 0.5) is 0 Å². The molecule has 3 aromatic heterocycles. The lowest BCUT2D eigenvalue weighted by Gasteiger charge is -2.09. The number of benzene rings is 1. The van der Waals surface area contributed by atoms with Crippen LogP contribution >= 0.6 is 0 Å². The fourth-order valence-corrected chi connectivity index (χ4v) is 3.38. The van der Waals surface area contributed by atoms with Crippen molar-refractivity contribution < 1.29 is 9.47 Å². The van der Waals surface area contributed by atoms with E-state index in [4.69, 9.17) is 14.5 Å². The molecule has 1 N–H and O–H groups in total. The molecule has 0 bridgehead atoms. The van der Waals surface area contributed by atoms with Gasteiger partial charge in [-0.15, -0.1) is 0 Å². The lowest BCUT2D eigenvalue weighted by Crippen LogP contribution is -2.13. The molecule has 0 saturated heterocycles. The van der Waals surface area contributed by atoms with Crippen LogP contribution in [-0.2, 0) is 6.42 Å². The Morgan fingerprint density at radius 3 is 2.43 bits per heavy atom. The van der Waals surface area contributed by atoms with Gasteiger partial charge < -0.3 is 18.9 Å². The van der Waals surface area contributed by atoms with Crippen LogP contribution < -0.4 is 15.0 Å². The van der Waals surface area contributed by atoms with E-state index in [1.807, 2.05) is 6.92 Å². The van der Waals surface area contributed by atoms with Crippen LogP contribution in [-0.4, -0.2) is 33.6 Å². The van der Waals surface area contributed by atoms with E-state index < -0.39 is 0 Å². The third kappa shape index (κ3) is 2.89. The molecule has 0 radical (unpaired) electrons. The van der Waals surface area contributed by atoms with Gasteiger partial charge in [-0.25, -0.2) is 9.97 Å². The van der Waals surface area contributed by atoms with E-state index in [1.54, 1.807) is 19.2 Å². The second kappa shape index (κ2) is 6.67. The smallest absolute Gasteiger partial charge is 0.258 e. The SMILES string of the molecule is COc1cc2nc(Cc3nc4cc(C)c(C)cn4c3C)[nH]c(=O)c2cc1OC. The number of fused-ring (bicyclic) bond motifs is 2. The van der Waals surface area contributed by atoms with Crippen molar-refractivity contribution in [2.75, 3.05) is 14.2 Å². The Labute approximate surface area is 162 Å². The number of rotatable bonds is 4. The van der Waals surface area contributed by atoms with Gasteiger partial charge >= 0.3 is 0 Å². The number of H-pyrrole nitrogens is 1. The molecule has 0 aliphatic rings. The Balaban J connectivity index is 1.81. The van der Waals surface area contributed by atoms with Crippen LogP contribution in [0.2, 0.25) is 0 Å².